The fourth-order valence-corrected chi connectivity index (χ4v) is 1.35. The number of azo groups is 1. The van der Waals surface area contributed by atoms with Gasteiger partial charge in [-0.2, -0.15) is 0 Å². The highest BCUT2D eigenvalue weighted by Gasteiger charge is 1.99. The molecule has 0 N–H and O–H groups in total. The molecular formula is C12H8ClFN2. The van der Waals surface area contributed by atoms with Crippen molar-refractivity contribution in [2.24, 2.45) is 10.2 Å². The van der Waals surface area contributed by atoms with Gasteiger partial charge in [-0.3, -0.25) is 0 Å². The lowest BCUT2D eigenvalue weighted by Gasteiger charge is -1.96. The molecule has 0 atom stereocenters. The van der Waals surface area contributed by atoms with E-state index in [-0.39, 0.29) is 5.69 Å². The fraction of sp³-hybridized carbons (Fsp3) is 0. The summed E-state index contributed by atoms with van der Waals surface area (Å²) in [7, 11) is 0. The predicted molar refractivity (Wildman–Crippen MR) is 62.0 cm³/mol. The molecule has 2 nitrogen and oxygen atoms in total. The highest BCUT2D eigenvalue weighted by molar-refractivity contribution is 6.32. The van der Waals surface area contributed by atoms with E-state index in [0.717, 1.165) is 0 Å². The van der Waals surface area contributed by atoms with Gasteiger partial charge in [0, 0.05) is 0 Å². The second-order valence-corrected chi connectivity index (χ2v) is 3.51. The summed E-state index contributed by atoms with van der Waals surface area (Å²) in [6.45, 7) is 0. The minimum absolute atomic E-state index is 0.197. The van der Waals surface area contributed by atoms with Crippen molar-refractivity contribution in [3.63, 3.8) is 0 Å². The van der Waals surface area contributed by atoms with Crippen LogP contribution in [-0.2, 0) is 0 Å². The maximum Gasteiger partial charge on any atom is 0.150 e. The predicted octanol–water partition coefficient (Wildman–Crippen LogP) is 4.89. The Morgan fingerprint density at radius 1 is 0.812 bits per heavy atom. The molecule has 0 bridgehead atoms. The van der Waals surface area contributed by atoms with Crippen LogP contribution in [-0.4, -0.2) is 0 Å². The van der Waals surface area contributed by atoms with E-state index in [1.807, 2.05) is 0 Å². The van der Waals surface area contributed by atoms with Crippen molar-refractivity contribution in [1.82, 2.24) is 0 Å². The van der Waals surface area contributed by atoms with E-state index < -0.39 is 5.82 Å². The zero-order chi connectivity index (χ0) is 11.4. The normalized spacial score (nSPS) is 10.9. The smallest absolute Gasteiger partial charge is 0.150 e. The van der Waals surface area contributed by atoms with Gasteiger partial charge in [-0.15, -0.1) is 10.2 Å². The third-order valence-corrected chi connectivity index (χ3v) is 2.29. The van der Waals surface area contributed by atoms with Crippen LogP contribution in [0.2, 0.25) is 5.02 Å². The minimum atomic E-state index is -0.404. The molecule has 0 radical (unpaired) electrons. The van der Waals surface area contributed by atoms with Crippen LogP contribution in [0.5, 0.6) is 0 Å². The Hall–Kier alpha value is -1.74. The van der Waals surface area contributed by atoms with Crippen LogP contribution in [0, 0.1) is 5.82 Å². The lowest BCUT2D eigenvalue weighted by molar-refractivity contribution is 0.628. The number of hydrogen-bond donors (Lipinski definition) is 0. The summed E-state index contributed by atoms with van der Waals surface area (Å²) in [5.41, 5.74) is 0.717. The Balaban J connectivity index is 2.29. The Morgan fingerprint density at radius 2 is 1.38 bits per heavy atom. The lowest BCUT2D eigenvalue weighted by atomic mass is 10.3. The molecule has 0 saturated carbocycles. The van der Waals surface area contributed by atoms with Gasteiger partial charge in [0.2, 0.25) is 0 Å². The second-order valence-electron chi connectivity index (χ2n) is 3.10. The molecule has 0 aromatic heterocycles. The van der Waals surface area contributed by atoms with Gasteiger partial charge in [-0.25, -0.2) is 4.39 Å². The van der Waals surface area contributed by atoms with E-state index >= 15 is 0 Å². The zero-order valence-electron chi connectivity index (χ0n) is 8.27. The van der Waals surface area contributed by atoms with Crippen molar-refractivity contribution in [2.45, 2.75) is 0 Å². The first-order valence-corrected chi connectivity index (χ1v) is 5.06. The van der Waals surface area contributed by atoms with Crippen LogP contribution in [0.1, 0.15) is 0 Å². The van der Waals surface area contributed by atoms with Gasteiger partial charge in [0.05, 0.1) is 5.02 Å². The Labute approximate surface area is 97.4 Å². The SMILES string of the molecule is Fc1ccccc1N=Nc1ccccc1Cl. The van der Waals surface area contributed by atoms with Crippen molar-refractivity contribution in [3.8, 4) is 0 Å². The first-order chi connectivity index (χ1) is 7.77. The zero-order valence-corrected chi connectivity index (χ0v) is 9.03. The maximum atomic E-state index is 13.2. The summed E-state index contributed by atoms with van der Waals surface area (Å²) in [5.74, 6) is -0.404. The highest BCUT2D eigenvalue weighted by atomic mass is 35.5. The molecule has 0 spiro atoms. The average Bonchev–Trinajstić information content (AvgIpc) is 2.30. The van der Waals surface area contributed by atoms with Crippen LogP contribution in [0.15, 0.2) is 58.8 Å². The number of hydrogen-bond acceptors (Lipinski definition) is 2. The summed E-state index contributed by atoms with van der Waals surface area (Å²) in [6, 6.07) is 13.2. The number of rotatable bonds is 2. The summed E-state index contributed by atoms with van der Waals surface area (Å²) in [5, 5.41) is 8.18. The summed E-state index contributed by atoms with van der Waals surface area (Å²) < 4.78 is 13.2. The molecule has 4 heteroatoms. The third-order valence-electron chi connectivity index (χ3n) is 1.97. The summed E-state index contributed by atoms with van der Waals surface area (Å²) in [6.07, 6.45) is 0. The molecule has 2 aromatic carbocycles. The molecule has 0 heterocycles. The first kappa shape index (κ1) is 10.8. The van der Waals surface area contributed by atoms with Crippen LogP contribution < -0.4 is 0 Å². The molecule has 0 fully saturated rings. The molecule has 16 heavy (non-hydrogen) atoms. The molecule has 80 valence electrons. The molecule has 2 rings (SSSR count). The standard InChI is InChI=1S/C12H8ClFN2/c13-9-5-1-3-7-11(9)15-16-12-8-4-2-6-10(12)14/h1-8H. The van der Waals surface area contributed by atoms with E-state index in [1.165, 1.54) is 6.07 Å². The van der Waals surface area contributed by atoms with Gasteiger partial charge < -0.3 is 0 Å². The molecule has 0 aliphatic rings. The molecule has 0 aliphatic carbocycles. The van der Waals surface area contributed by atoms with Crippen LogP contribution >= 0.6 is 11.6 Å². The van der Waals surface area contributed by atoms with E-state index in [2.05, 4.69) is 10.2 Å². The molecule has 0 aliphatic heterocycles. The van der Waals surface area contributed by atoms with E-state index in [0.29, 0.717) is 10.7 Å². The van der Waals surface area contributed by atoms with Crippen molar-refractivity contribution in [1.29, 1.82) is 0 Å². The van der Waals surface area contributed by atoms with Crippen LogP contribution in [0.25, 0.3) is 0 Å². The Morgan fingerprint density at radius 3 is 2.06 bits per heavy atom. The van der Waals surface area contributed by atoms with Crippen molar-refractivity contribution >= 4 is 23.0 Å². The number of nitrogens with zero attached hydrogens (tertiary/aromatic N) is 2. The quantitative estimate of drug-likeness (QED) is 0.661. The van der Waals surface area contributed by atoms with E-state index in [1.54, 1.807) is 42.5 Å². The van der Waals surface area contributed by atoms with E-state index in [4.69, 9.17) is 11.6 Å². The van der Waals surface area contributed by atoms with Crippen LogP contribution in [0.3, 0.4) is 0 Å². The van der Waals surface area contributed by atoms with Gasteiger partial charge in [-0.05, 0) is 24.3 Å². The van der Waals surface area contributed by atoms with Crippen molar-refractivity contribution < 1.29 is 4.39 Å². The summed E-state index contributed by atoms with van der Waals surface area (Å²) >= 11 is 5.88. The third kappa shape index (κ3) is 2.44. The molecular weight excluding hydrogens is 227 g/mol. The highest BCUT2D eigenvalue weighted by Crippen LogP contribution is 2.26. The lowest BCUT2D eigenvalue weighted by Crippen LogP contribution is -1.72. The van der Waals surface area contributed by atoms with Gasteiger partial charge in [0.25, 0.3) is 0 Å². The Kier molecular flexibility index (Phi) is 3.27. The maximum absolute atomic E-state index is 13.2. The average molecular weight is 235 g/mol. The van der Waals surface area contributed by atoms with Gasteiger partial charge in [0.15, 0.2) is 5.82 Å². The summed E-state index contributed by atoms with van der Waals surface area (Å²) in [4.78, 5) is 0. The monoisotopic (exact) mass is 234 g/mol. The number of benzene rings is 2. The number of halogens is 2. The van der Waals surface area contributed by atoms with Gasteiger partial charge >= 0.3 is 0 Å². The van der Waals surface area contributed by atoms with Crippen molar-refractivity contribution in [2.75, 3.05) is 0 Å². The fourth-order valence-electron chi connectivity index (χ4n) is 1.17. The van der Waals surface area contributed by atoms with Crippen LogP contribution in [0.4, 0.5) is 15.8 Å². The topological polar surface area (TPSA) is 24.7 Å². The second kappa shape index (κ2) is 4.86. The van der Waals surface area contributed by atoms with Gasteiger partial charge in [0.1, 0.15) is 11.4 Å². The molecule has 0 saturated heterocycles. The van der Waals surface area contributed by atoms with E-state index in [9.17, 15) is 4.39 Å². The minimum Gasteiger partial charge on any atom is -0.205 e. The molecule has 0 amide bonds. The van der Waals surface area contributed by atoms with Gasteiger partial charge in [-0.1, -0.05) is 35.9 Å². The van der Waals surface area contributed by atoms with Crippen molar-refractivity contribution in [3.05, 3.63) is 59.4 Å². The first-order valence-electron chi connectivity index (χ1n) is 4.68. The molecule has 2 aromatic rings. The largest absolute Gasteiger partial charge is 0.205 e. The Bertz CT molecular complexity index is 478. The molecule has 0 unspecified atom stereocenters.